The van der Waals surface area contributed by atoms with E-state index in [1.54, 1.807) is 12.1 Å². The van der Waals surface area contributed by atoms with Crippen molar-refractivity contribution in [3.05, 3.63) is 28.3 Å². The minimum absolute atomic E-state index is 0.0106. The van der Waals surface area contributed by atoms with Gasteiger partial charge < -0.3 is 10.1 Å². The highest BCUT2D eigenvalue weighted by molar-refractivity contribution is 5.58. The molecule has 1 unspecified atom stereocenters. The molecular formula is C16H24N2O3. The maximum atomic E-state index is 11.1. The summed E-state index contributed by atoms with van der Waals surface area (Å²) in [5.74, 6) is 0.299. The molecule has 1 N–H and O–H groups in total. The van der Waals surface area contributed by atoms with E-state index in [1.165, 1.54) is 26.4 Å². The number of nitrogens with zero attached hydrogens (tertiary/aromatic N) is 1. The summed E-state index contributed by atoms with van der Waals surface area (Å²) in [7, 11) is 1.45. The summed E-state index contributed by atoms with van der Waals surface area (Å²) in [5.41, 5.74) is 1.21. The zero-order valence-corrected chi connectivity index (χ0v) is 13.0. The standard InChI is InChI=1S/C16H24N2O3/c1-16(2)9-4-5-12(8-10-16)17-13-6-7-15(21-3)14(11-13)18(19)20/h6-7,11-12,17H,4-5,8-10H2,1-3H3. The molecule has 2 rings (SSSR count). The molecule has 0 aliphatic heterocycles. The lowest BCUT2D eigenvalue weighted by atomic mass is 9.85. The van der Waals surface area contributed by atoms with E-state index >= 15 is 0 Å². The number of nitro groups is 1. The van der Waals surface area contributed by atoms with Gasteiger partial charge in [0.25, 0.3) is 0 Å². The van der Waals surface area contributed by atoms with E-state index in [0.717, 1.165) is 18.5 Å². The fourth-order valence-electron chi connectivity index (χ4n) is 2.96. The van der Waals surface area contributed by atoms with Crippen molar-refractivity contribution in [2.24, 2.45) is 5.41 Å². The van der Waals surface area contributed by atoms with Crippen LogP contribution in [0.1, 0.15) is 46.0 Å². The Labute approximate surface area is 125 Å². The maximum Gasteiger partial charge on any atom is 0.312 e. The van der Waals surface area contributed by atoms with Crippen LogP contribution < -0.4 is 10.1 Å². The quantitative estimate of drug-likeness (QED) is 0.508. The lowest BCUT2D eigenvalue weighted by Gasteiger charge is -2.22. The zero-order valence-electron chi connectivity index (χ0n) is 13.0. The molecule has 1 aliphatic carbocycles. The minimum Gasteiger partial charge on any atom is -0.490 e. The van der Waals surface area contributed by atoms with Crippen molar-refractivity contribution >= 4 is 11.4 Å². The third kappa shape index (κ3) is 4.09. The summed E-state index contributed by atoms with van der Waals surface area (Å²) in [6.45, 7) is 4.63. The van der Waals surface area contributed by atoms with Gasteiger partial charge in [0.2, 0.25) is 0 Å². The molecule has 5 nitrogen and oxygen atoms in total. The Hall–Kier alpha value is -1.78. The van der Waals surface area contributed by atoms with E-state index in [-0.39, 0.29) is 5.69 Å². The number of methoxy groups -OCH3 is 1. The lowest BCUT2D eigenvalue weighted by molar-refractivity contribution is -0.385. The van der Waals surface area contributed by atoms with Gasteiger partial charge in [0.1, 0.15) is 0 Å². The zero-order chi connectivity index (χ0) is 15.5. The smallest absolute Gasteiger partial charge is 0.312 e. The average molecular weight is 292 g/mol. The van der Waals surface area contributed by atoms with Crippen LogP contribution in [0, 0.1) is 15.5 Å². The first kappa shape index (κ1) is 15.6. The van der Waals surface area contributed by atoms with Gasteiger partial charge in [-0.25, -0.2) is 0 Å². The molecule has 116 valence electrons. The van der Waals surface area contributed by atoms with Crippen molar-refractivity contribution in [1.29, 1.82) is 0 Å². The van der Waals surface area contributed by atoms with Crippen LogP contribution in [0.4, 0.5) is 11.4 Å². The largest absolute Gasteiger partial charge is 0.490 e. The summed E-state index contributed by atoms with van der Waals surface area (Å²) < 4.78 is 5.03. The van der Waals surface area contributed by atoms with Crippen LogP contribution in [0.2, 0.25) is 0 Å². The van der Waals surface area contributed by atoms with Crippen LogP contribution in [0.5, 0.6) is 5.75 Å². The first-order chi connectivity index (χ1) is 9.91. The van der Waals surface area contributed by atoms with Crippen LogP contribution in [0.3, 0.4) is 0 Å². The number of nitrogens with one attached hydrogen (secondary N) is 1. The van der Waals surface area contributed by atoms with Gasteiger partial charge in [-0.2, -0.15) is 0 Å². The third-order valence-corrected chi connectivity index (χ3v) is 4.32. The molecule has 0 bridgehead atoms. The van der Waals surface area contributed by atoms with Crippen molar-refractivity contribution in [2.45, 2.75) is 52.0 Å². The number of benzene rings is 1. The lowest BCUT2D eigenvalue weighted by Crippen LogP contribution is -2.19. The molecule has 0 heterocycles. The molecule has 1 aromatic rings. The van der Waals surface area contributed by atoms with Gasteiger partial charge in [0.15, 0.2) is 5.75 Å². The number of anilines is 1. The Morgan fingerprint density at radius 1 is 1.33 bits per heavy atom. The molecule has 1 aliphatic rings. The average Bonchev–Trinajstić information content (AvgIpc) is 2.60. The van der Waals surface area contributed by atoms with Crippen molar-refractivity contribution in [2.75, 3.05) is 12.4 Å². The number of ether oxygens (including phenoxy) is 1. The van der Waals surface area contributed by atoms with Crippen LogP contribution in [-0.2, 0) is 0 Å². The topological polar surface area (TPSA) is 64.4 Å². The van der Waals surface area contributed by atoms with Crippen LogP contribution in [0.25, 0.3) is 0 Å². The summed E-state index contributed by atoms with van der Waals surface area (Å²) in [5, 5.41) is 14.5. The number of rotatable bonds is 4. The predicted octanol–water partition coefficient (Wildman–Crippen LogP) is 4.37. The highest BCUT2D eigenvalue weighted by atomic mass is 16.6. The molecule has 0 spiro atoms. The van der Waals surface area contributed by atoms with E-state index < -0.39 is 4.92 Å². The molecule has 1 saturated carbocycles. The van der Waals surface area contributed by atoms with Crippen LogP contribution in [0.15, 0.2) is 18.2 Å². The van der Waals surface area contributed by atoms with Crippen molar-refractivity contribution in [1.82, 2.24) is 0 Å². The van der Waals surface area contributed by atoms with Gasteiger partial charge in [-0.3, -0.25) is 10.1 Å². The van der Waals surface area contributed by atoms with Crippen molar-refractivity contribution < 1.29 is 9.66 Å². The molecule has 1 aromatic carbocycles. The molecule has 21 heavy (non-hydrogen) atoms. The summed E-state index contributed by atoms with van der Waals surface area (Å²) in [6.07, 6.45) is 5.84. The van der Waals surface area contributed by atoms with E-state index in [2.05, 4.69) is 19.2 Å². The van der Waals surface area contributed by atoms with Gasteiger partial charge in [-0.1, -0.05) is 20.3 Å². The Morgan fingerprint density at radius 3 is 2.76 bits per heavy atom. The van der Waals surface area contributed by atoms with E-state index in [4.69, 9.17) is 4.74 Å². The van der Waals surface area contributed by atoms with E-state index in [9.17, 15) is 10.1 Å². The maximum absolute atomic E-state index is 11.1. The SMILES string of the molecule is COc1ccc(NC2CCCC(C)(C)CC2)cc1[N+](=O)[O-]. The second kappa shape index (κ2) is 6.33. The molecule has 5 heteroatoms. The first-order valence-corrected chi connectivity index (χ1v) is 7.50. The first-order valence-electron chi connectivity index (χ1n) is 7.50. The Kier molecular flexibility index (Phi) is 4.70. The fraction of sp³-hybridized carbons (Fsp3) is 0.625. The van der Waals surface area contributed by atoms with Crippen LogP contribution in [-0.4, -0.2) is 18.1 Å². The molecule has 1 fully saturated rings. The molecule has 0 radical (unpaired) electrons. The van der Waals surface area contributed by atoms with Crippen molar-refractivity contribution in [3.63, 3.8) is 0 Å². The normalized spacial score (nSPS) is 21.4. The Balaban J connectivity index is 2.09. The molecular weight excluding hydrogens is 268 g/mol. The molecule has 0 saturated heterocycles. The predicted molar refractivity (Wildman–Crippen MR) is 83.9 cm³/mol. The Bertz CT molecular complexity index is 514. The number of hydrogen-bond acceptors (Lipinski definition) is 4. The highest BCUT2D eigenvalue weighted by Crippen LogP contribution is 2.35. The molecule has 0 aromatic heterocycles. The summed E-state index contributed by atoms with van der Waals surface area (Å²) in [4.78, 5) is 10.7. The van der Waals surface area contributed by atoms with Crippen molar-refractivity contribution in [3.8, 4) is 5.75 Å². The molecule has 0 amide bonds. The summed E-state index contributed by atoms with van der Waals surface area (Å²) in [6, 6.07) is 5.46. The molecule has 1 atom stereocenters. The second-order valence-corrected chi connectivity index (χ2v) is 6.58. The number of hydrogen-bond donors (Lipinski definition) is 1. The van der Waals surface area contributed by atoms with Crippen LogP contribution >= 0.6 is 0 Å². The van der Waals surface area contributed by atoms with Gasteiger partial charge in [-0.15, -0.1) is 0 Å². The minimum atomic E-state index is -0.403. The highest BCUT2D eigenvalue weighted by Gasteiger charge is 2.24. The Morgan fingerprint density at radius 2 is 2.10 bits per heavy atom. The summed E-state index contributed by atoms with van der Waals surface area (Å²) >= 11 is 0. The second-order valence-electron chi connectivity index (χ2n) is 6.58. The van der Waals surface area contributed by atoms with Gasteiger partial charge in [0.05, 0.1) is 12.0 Å². The van der Waals surface area contributed by atoms with E-state index in [1.807, 2.05) is 6.07 Å². The van der Waals surface area contributed by atoms with Gasteiger partial charge in [0, 0.05) is 17.8 Å². The van der Waals surface area contributed by atoms with E-state index in [0.29, 0.717) is 17.2 Å². The van der Waals surface area contributed by atoms with Gasteiger partial charge in [-0.05, 0) is 43.2 Å². The fourth-order valence-corrected chi connectivity index (χ4v) is 2.96. The van der Waals surface area contributed by atoms with Gasteiger partial charge >= 0.3 is 5.69 Å². The monoisotopic (exact) mass is 292 g/mol. The third-order valence-electron chi connectivity index (χ3n) is 4.32. The number of nitro benzene ring substituents is 1.